The molecular weight excluding hydrogens is 360 g/mol. The molecule has 4 rings (SSSR count). The average molecular weight is 385 g/mol. The van der Waals surface area contributed by atoms with Crippen LogP contribution < -0.4 is 15.5 Å². The maximum atomic E-state index is 12.2. The summed E-state index contributed by atoms with van der Waals surface area (Å²) in [6.45, 7) is 3.73. The highest BCUT2D eigenvalue weighted by molar-refractivity contribution is 7.99. The number of aromatic nitrogens is 2. The third kappa shape index (κ3) is 4.77. The summed E-state index contributed by atoms with van der Waals surface area (Å²) in [7, 11) is 0. The van der Waals surface area contributed by atoms with E-state index in [1.54, 1.807) is 24.2 Å². The van der Waals surface area contributed by atoms with Gasteiger partial charge < -0.3 is 10.2 Å². The van der Waals surface area contributed by atoms with Crippen molar-refractivity contribution in [1.82, 2.24) is 25.5 Å². The first-order valence-electron chi connectivity index (χ1n) is 9.27. The number of carbonyl (C=O) groups is 1. The number of piperazine rings is 1. The van der Waals surface area contributed by atoms with Gasteiger partial charge in [0.2, 0.25) is 5.91 Å². The SMILES string of the molecule is O=C1CC(CSc2ncccn2)NC(N2CCN(c3ccccc3)CC2)N1. The summed E-state index contributed by atoms with van der Waals surface area (Å²) in [4.78, 5) is 25.4. The largest absolute Gasteiger partial charge is 0.369 e. The van der Waals surface area contributed by atoms with E-state index in [0.717, 1.165) is 37.1 Å². The van der Waals surface area contributed by atoms with Gasteiger partial charge in [-0.3, -0.25) is 15.0 Å². The highest BCUT2D eigenvalue weighted by Crippen LogP contribution is 2.19. The van der Waals surface area contributed by atoms with Gasteiger partial charge in [-0.15, -0.1) is 0 Å². The molecule has 2 saturated heterocycles. The monoisotopic (exact) mass is 384 g/mol. The van der Waals surface area contributed by atoms with Crippen LogP contribution in [0.15, 0.2) is 53.9 Å². The lowest BCUT2D eigenvalue weighted by Gasteiger charge is -2.43. The Morgan fingerprint density at radius 3 is 2.52 bits per heavy atom. The smallest absolute Gasteiger partial charge is 0.223 e. The number of hydrogen-bond donors (Lipinski definition) is 2. The zero-order valence-corrected chi connectivity index (χ0v) is 15.9. The molecule has 142 valence electrons. The molecule has 0 saturated carbocycles. The maximum Gasteiger partial charge on any atom is 0.223 e. The summed E-state index contributed by atoms with van der Waals surface area (Å²) in [6.07, 6.45) is 3.86. The number of nitrogens with one attached hydrogen (secondary N) is 2. The molecule has 0 bridgehead atoms. The van der Waals surface area contributed by atoms with Crippen LogP contribution in [0.2, 0.25) is 0 Å². The third-order valence-corrected chi connectivity index (χ3v) is 5.92. The minimum atomic E-state index is -0.105. The van der Waals surface area contributed by atoms with Gasteiger partial charge in [0.25, 0.3) is 0 Å². The molecule has 8 heteroatoms. The van der Waals surface area contributed by atoms with Crippen molar-refractivity contribution in [3.05, 3.63) is 48.8 Å². The van der Waals surface area contributed by atoms with Crippen molar-refractivity contribution in [2.75, 3.05) is 36.8 Å². The lowest BCUT2D eigenvalue weighted by atomic mass is 10.1. The van der Waals surface area contributed by atoms with Crippen LogP contribution in [0.5, 0.6) is 0 Å². The van der Waals surface area contributed by atoms with Crippen molar-refractivity contribution in [1.29, 1.82) is 0 Å². The second-order valence-corrected chi connectivity index (χ2v) is 7.73. The number of para-hydroxylation sites is 1. The van der Waals surface area contributed by atoms with Crippen molar-refractivity contribution in [2.24, 2.45) is 0 Å². The minimum absolute atomic E-state index is 0.101. The summed E-state index contributed by atoms with van der Waals surface area (Å²) in [6, 6.07) is 12.4. The molecule has 2 aliphatic heterocycles. The number of benzene rings is 1. The Morgan fingerprint density at radius 2 is 1.78 bits per heavy atom. The maximum absolute atomic E-state index is 12.2. The average Bonchev–Trinajstić information content (AvgIpc) is 2.73. The van der Waals surface area contributed by atoms with E-state index in [2.05, 4.69) is 54.7 Å². The molecule has 1 aromatic carbocycles. The molecule has 2 aliphatic rings. The Hall–Kier alpha value is -2.16. The molecule has 2 N–H and O–H groups in total. The predicted molar refractivity (Wildman–Crippen MR) is 106 cm³/mol. The van der Waals surface area contributed by atoms with Gasteiger partial charge in [-0.1, -0.05) is 30.0 Å². The second-order valence-electron chi connectivity index (χ2n) is 6.74. The summed E-state index contributed by atoms with van der Waals surface area (Å²) in [5, 5.41) is 7.41. The van der Waals surface area contributed by atoms with Gasteiger partial charge in [-0.2, -0.15) is 0 Å². The van der Waals surface area contributed by atoms with E-state index in [1.165, 1.54) is 5.69 Å². The second kappa shape index (κ2) is 8.69. The van der Waals surface area contributed by atoms with Crippen molar-refractivity contribution in [2.45, 2.75) is 23.9 Å². The zero-order chi connectivity index (χ0) is 18.5. The summed E-state index contributed by atoms with van der Waals surface area (Å²) in [5.41, 5.74) is 1.26. The summed E-state index contributed by atoms with van der Waals surface area (Å²) >= 11 is 1.58. The molecule has 2 unspecified atom stereocenters. The number of thioether (sulfide) groups is 1. The molecule has 7 nitrogen and oxygen atoms in total. The number of rotatable bonds is 5. The summed E-state index contributed by atoms with van der Waals surface area (Å²) in [5.74, 6) is 0.876. The van der Waals surface area contributed by atoms with Gasteiger partial charge in [0.05, 0.1) is 0 Å². The number of amides is 1. The highest BCUT2D eigenvalue weighted by atomic mass is 32.2. The fourth-order valence-corrected chi connectivity index (χ4v) is 4.31. The topological polar surface area (TPSA) is 73.4 Å². The van der Waals surface area contributed by atoms with E-state index >= 15 is 0 Å². The van der Waals surface area contributed by atoms with Crippen LogP contribution in [0.1, 0.15) is 6.42 Å². The Balaban J connectivity index is 1.30. The molecule has 0 aliphatic carbocycles. The lowest BCUT2D eigenvalue weighted by Crippen LogP contribution is -2.67. The first-order valence-corrected chi connectivity index (χ1v) is 10.3. The van der Waals surface area contributed by atoms with Gasteiger partial charge in [-0.05, 0) is 18.2 Å². The lowest BCUT2D eigenvalue weighted by molar-refractivity contribution is -0.126. The standard InChI is InChI=1S/C19H24N6OS/c26-17-13-15(14-27-19-20-7-4-8-21-19)22-18(23-17)25-11-9-24(10-12-25)16-5-2-1-3-6-16/h1-8,15,18,22H,9-14H2,(H,23,26). The summed E-state index contributed by atoms with van der Waals surface area (Å²) < 4.78 is 0. The van der Waals surface area contributed by atoms with E-state index in [4.69, 9.17) is 0 Å². The van der Waals surface area contributed by atoms with Crippen molar-refractivity contribution < 1.29 is 4.79 Å². The van der Waals surface area contributed by atoms with Crippen LogP contribution in [0.3, 0.4) is 0 Å². The fourth-order valence-electron chi connectivity index (χ4n) is 3.48. The Bertz CT molecular complexity index is 738. The minimum Gasteiger partial charge on any atom is -0.369 e. The van der Waals surface area contributed by atoms with Crippen LogP contribution in [0.25, 0.3) is 0 Å². The van der Waals surface area contributed by atoms with Crippen molar-refractivity contribution in [3.63, 3.8) is 0 Å². The molecule has 2 atom stereocenters. The van der Waals surface area contributed by atoms with Gasteiger partial charge in [0.1, 0.15) is 6.29 Å². The number of anilines is 1. The van der Waals surface area contributed by atoms with E-state index in [-0.39, 0.29) is 18.2 Å². The molecule has 0 radical (unpaired) electrons. The number of nitrogens with zero attached hydrogens (tertiary/aromatic N) is 4. The van der Waals surface area contributed by atoms with Crippen molar-refractivity contribution >= 4 is 23.4 Å². The zero-order valence-electron chi connectivity index (χ0n) is 15.1. The Labute approximate surface area is 163 Å². The van der Waals surface area contributed by atoms with Crippen LogP contribution in [-0.4, -0.2) is 65.0 Å². The molecule has 2 fully saturated rings. The van der Waals surface area contributed by atoms with Gasteiger partial charge in [-0.25, -0.2) is 9.97 Å². The normalized spacial score (nSPS) is 23.9. The van der Waals surface area contributed by atoms with Crippen LogP contribution >= 0.6 is 11.8 Å². The molecule has 3 heterocycles. The molecular formula is C19H24N6OS. The van der Waals surface area contributed by atoms with E-state index in [0.29, 0.717) is 6.42 Å². The van der Waals surface area contributed by atoms with Gasteiger partial charge in [0.15, 0.2) is 5.16 Å². The van der Waals surface area contributed by atoms with Crippen LogP contribution in [0.4, 0.5) is 5.69 Å². The van der Waals surface area contributed by atoms with Crippen LogP contribution in [-0.2, 0) is 4.79 Å². The fraction of sp³-hybridized carbons (Fsp3) is 0.421. The number of hydrogen-bond acceptors (Lipinski definition) is 7. The van der Waals surface area contributed by atoms with E-state index in [9.17, 15) is 4.79 Å². The molecule has 2 aromatic rings. The number of carbonyl (C=O) groups excluding carboxylic acids is 1. The molecule has 0 spiro atoms. The van der Waals surface area contributed by atoms with E-state index < -0.39 is 0 Å². The highest BCUT2D eigenvalue weighted by Gasteiger charge is 2.31. The Morgan fingerprint density at radius 1 is 1.04 bits per heavy atom. The first kappa shape index (κ1) is 18.2. The predicted octanol–water partition coefficient (Wildman–Crippen LogP) is 1.15. The third-order valence-electron chi connectivity index (χ3n) is 4.88. The molecule has 1 amide bonds. The van der Waals surface area contributed by atoms with Crippen molar-refractivity contribution in [3.8, 4) is 0 Å². The van der Waals surface area contributed by atoms with Gasteiger partial charge >= 0.3 is 0 Å². The first-order chi connectivity index (χ1) is 13.3. The molecule has 27 heavy (non-hydrogen) atoms. The quantitative estimate of drug-likeness (QED) is 0.592. The van der Waals surface area contributed by atoms with Gasteiger partial charge in [0, 0.05) is 62.5 Å². The molecule has 1 aromatic heterocycles. The van der Waals surface area contributed by atoms with Crippen LogP contribution in [0, 0.1) is 0 Å². The van der Waals surface area contributed by atoms with E-state index in [1.807, 2.05) is 12.1 Å². The Kier molecular flexibility index (Phi) is 5.86.